The van der Waals surface area contributed by atoms with Crippen LogP contribution in [0.4, 0.5) is 0 Å². The number of carbonyl (C=O) groups excluding carboxylic acids is 1. The second-order valence-electron chi connectivity index (χ2n) is 8.57. The summed E-state index contributed by atoms with van der Waals surface area (Å²) in [7, 11) is -1.98. The first-order valence-electron chi connectivity index (χ1n) is 11.3. The minimum absolute atomic E-state index is 0.0814. The van der Waals surface area contributed by atoms with Gasteiger partial charge in [0.15, 0.2) is 0 Å². The van der Waals surface area contributed by atoms with Crippen LogP contribution in [0.25, 0.3) is 0 Å². The van der Waals surface area contributed by atoms with Crippen molar-refractivity contribution in [3.8, 4) is 5.75 Å². The predicted octanol–water partition coefficient (Wildman–Crippen LogP) is 4.30. The van der Waals surface area contributed by atoms with E-state index in [4.69, 9.17) is 4.74 Å². The molecule has 0 aliphatic carbocycles. The molecule has 1 heterocycles. The molecular formula is C25H34N2O4S. The van der Waals surface area contributed by atoms with Crippen LogP contribution in [0.3, 0.4) is 0 Å². The van der Waals surface area contributed by atoms with Crippen molar-refractivity contribution in [2.75, 3.05) is 20.2 Å². The van der Waals surface area contributed by atoms with Crippen LogP contribution in [-0.2, 0) is 21.2 Å². The highest BCUT2D eigenvalue weighted by Gasteiger charge is 2.26. The van der Waals surface area contributed by atoms with Crippen molar-refractivity contribution < 1.29 is 17.9 Å². The molecule has 174 valence electrons. The number of rotatable bonds is 8. The van der Waals surface area contributed by atoms with E-state index in [1.165, 1.54) is 11.1 Å². The van der Waals surface area contributed by atoms with E-state index in [1.807, 2.05) is 13.0 Å². The van der Waals surface area contributed by atoms with Gasteiger partial charge in [0.2, 0.25) is 15.9 Å². The number of methoxy groups -OCH3 is 1. The van der Waals surface area contributed by atoms with Crippen LogP contribution >= 0.6 is 0 Å². The third-order valence-corrected chi connectivity index (χ3v) is 8.13. The number of piperidine rings is 1. The molecule has 0 saturated carbocycles. The average Bonchev–Trinajstić information content (AvgIpc) is 2.79. The van der Waals surface area contributed by atoms with Gasteiger partial charge in [0.1, 0.15) is 5.75 Å². The van der Waals surface area contributed by atoms with E-state index in [1.54, 1.807) is 29.6 Å². The molecule has 1 saturated heterocycles. The molecule has 2 aromatic rings. The first-order chi connectivity index (χ1) is 15.2. The quantitative estimate of drug-likeness (QED) is 0.640. The van der Waals surface area contributed by atoms with Gasteiger partial charge in [-0.25, -0.2) is 8.42 Å². The van der Waals surface area contributed by atoms with Gasteiger partial charge in [-0.05, 0) is 80.5 Å². The predicted molar refractivity (Wildman–Crippen MR) is 126 cm³/mol. The summed E-state index contributed by atoms with van der Waals surface area (Å²) in [6, 6.07) is 11.0. The topological polar surface area (TPSA) is 75.7 Å². The Labute approximate surface area is 192 Å². The lowest BCUT2D eigenvalue weighted by Crippen LogP contribution is -2.35. The summed E-state index contributed by atoms with van der Waals surface area (Å²) in [5.74, 6) is 0.514. The Morgan fingerprint density at radius 1 is 1.06 bits per heavy atom. The molecule has 0 aromatic heterocycles. The third-order valence-electron chi connectivity index (χ3n) is 6.23. The first-order valence-corrected chi connectivity index (χ1v) is 12.7. The Morgan fingerprint density at radius 3 is 2.44 bits per heavy atom. The normalized spacial score (nSPS) is 15.9. The minimum Gasteiger partial charge on any atom is -0.496 e. The first kappa shape index (κ1) is 24.3. The zero-order chi connectivity index (χ0) is 23.3. The zero-order valence-electron chi connectivity index (χ0n) is 19.5. The Hall–Kier alpha value is -2.38. The molecule has 0 radical (unpaired) electrons. The van der Waals surface area contributed by atoms with E-state index in [9.17, 15) is 13.2 Å². The number of ether oxygens (including phenoxy) is 1. The molecule has 6 nitrogen and oxygen atoms in total. The summed E-state index contributed by atoms with van der Waals surface area (Å²) in [5.41, 5.74) is 4.20. The monoisotopic (exact) mass is 458 g/mol. The molecule has 0 spiro atoms. The van der Waals surface area contributed by atoms with Gasteiger partial charge < -0.3 is 10.1 Å². The number of hydrogen-bond acceptors (Lipinski definition) is 4. The molecule has 32 heavy (non-hydrogen) atoms. The number of hydrogen-bond donors (Lipinski definition) is 1. The van der Waals surface area contributed by atoms with Gasteiger partial charge in [-0.3, -0.25) is 4.79 Å². The van der Waals surface area contributed by atoms with Gasteiger partial charge in [0.25, 0.3) is 0 Å². The highest BCUT2D eigenvalue weighted by atomic mass is 32.2. The molecule has 0 bridgehead atoms. The summed E-state index contributed by atoms with van der Waals surface area (Å²) in [5, 5.41) is 3.04. The standard InChI is InChI=1S/C25H34N2O4S/c1-18-8-9-21(16-19(18)2)20(3)26-25(28)13-10-22-17-23(11-12-24(22)31-4)32(29,30)27-14-6-5-7-15-27/h8-9,11-12,16-17,20H,5-7,10,13-15H2,1-4H3,(H,26,28)/t20-/m1/s1. The van der Waals surface area contributed by atoms with Crippen molar-refractivity contribution in [2.45, 2.75) is 63.8 Å². The van der Waals surface area contributed by atoms with Crippen LogP contribution in [0, 0.1) is 13.8 Å². The molecule has 1 fully saturated rings. The van der Waals surface area contributed by atoms with Gasteiger partial charge in [0, 0.05) is 19.5 Å². The van der Waals surface area contributed by atoms with Crippen molar-refractivity contribution in [1.82, 2.24) is 9.62 Å². The summed E-state index contributed by atoms with van der Waals surface area (Å²) in [6.07, 6.45) is 3.49. The number of nitrogens with one attached hydrogen (secondary N) is 1. The van der Waals surface area contributed by atoms with Gasteiger partial charge in [-0.15, -0.1) is 0 Å². The molecule has 1 N–H and O–H groups in total. The second kappa shape index (κ2) is 10.5. The minimum atomic E-state index is -3.53. The fourth-order valence-electron chi connectivity index (χ4n) is 4.04. The fraction of sp³-hybridized carbons (Fsp3) is 0.480. The summed E-state index contributed by atoms with van der Waals surface area (Å²) in [4.78, 5) is 12.9. The van der Waals surface area contributed by atoms with Crippen LogP contribution in [0.5, 0.6) is 5.75 Å². The molecule has 7 heteroatoms. The van der Waals surface area contributed by atoms with E-state index in [-0.39, 0.29) is 23.3 Å². The zero-order valence-corrected chi connectivity index (χ0v) is 20.3. The number of sulfonamides is 1. The molecule has 1 aliphatic rings. The Kier molecular flexibility index (Phi) is 7.96. The van der Waals surface area contributed by atoms with E-state index in [2.05, 4.69) is 31.3 Å². The van der Waals surface area contributed by atoms with Crippen molar-refractivity contribution in [2.24, 2.45) is 0 Å². The van der Waals surface area contributed by atoms with Crippen LogP contribution in [-0.4, -0.2) is 38.8 Å². The number of aryl methyl sites for hydroxylation is 3. The van der Waals surface area contributed by atoms with Gasteiger partial charge in [-0.1, -0.05) is 24.6 Å². The number of benzene rings is 2. The lowest BCUT2D eigenvalue weighted by molar-refractivity contribution is -0.121. The van der Waals surface area contributed by atoms with E-state index in [0.29, 0.717) is 25.3 Å². The van der Waals surface area contributed by atoms with E-state index >= 15 is 0 Å². The Bertz CT molecular complexity index is 1060. The molecule has 1 amide bonds. The number of nitrogens with zero attached hydrogens (tertiary/aromatic N) is 1. The largest absolute Gasteiger partial charge is 0.496 e. The van der Waals surface area contributed by atoms with Crippen LogP contribution < -0.4 is 10.1 Å². The molecule has 3 rings (SSSR count). The maximum Gasteiger partial charge on any atom is 0.243 e. The lowest BCUT2D eigenvalue weighted by Gasteiger charge is -2.26. The summed E-state index contributed by atoms with van der Waals surface area (Å²) < 4.78 is 33.1. The lowest BCUT2D eigenvalue weighted by atomic mass is 10.0. The highest BCUT2D eigenvalue weighted by Crippen LogP contribution is 2.27. The number of carbonyl (C=O) groups is 1. The molecule has 0 unspecified atom stereocenters. The van der Waals surface area contributed by atoms with Crippen LogP contribution in [0.2, 0.25) is 0 Å². The SMILES string of the molecule is COc1ccc(S(=O)(=O)N2CCCCC2)cc1CCC(=O)N[C@H](C)c1ccc(C)c(C)c1. The average molecular weight is 459 g/mol. The van der Waals surface area contributed by atoms with Gasteiger partial charge in [-0.2, -0.15) is 4.31 Å². The molecule has 1 atom stereocenters. The van der Waals surface area contributed by atoms with E-state index in [0.717, 1.165) is 30.4 Å². The summed E-state index contributed by atoms with van der Waals surface area (Å²) >= 11 is 0. The third kappa shape index (κ3) is 5.70. The van der Waals surface area contributed by atoms with Gasteiger partial charge >= 0.3 is 0 Å². The fourth-order valence-corrected chi connectivity index (χ4v) is 5.61. The molecule has 1 aliphatic heterocycles. The highest BCUT2D eigenvalue weighted by molar-refractivity contribution is 7.89. The molecule has 2 aromatic carbocycles. The van der Waals surface area contributed by atoms with Crippen molar-refractivity contribution in [3.05, 3.63) is 58.7 Å². The van der Waals surface area contributed by atoms with Crippen LogP contribution in [0.1, 0.15) is 60.9 Å². The van der Waals surface area contributed by atoms with Gasteiger partial charge in [0.05, 0.1) is 18.0 Å². The second-order valence-corrected chi connectivity index (χ2v) is 10.5. The number of amides is 1. The van der Waals surface area contributed by atoms with E-state index < -0.39 is 10.0 Å². The maximum absolute atomic E-state index is 13.0. The smallest absolute Gasteiger partial charge is 0.243 e. The summed E-state index contributed by atoms with van der Waals surface area (Å²) in [6.45, 7) is 7.21. The van der Waals surface area contributed by atoms with Crippen molar-refractivity contribution >= 4 is 15.9 Å². The van der Waals surface area contributed by atoms with Crippen LogP contribution in [0.15, 0.2) is 41.3 Å². The Balaban J connectivity index is 1.68. The maximum atomic E-state index is 13.0. The Morgan fingerprint density at radius 2 is 1.78 bits per heavy atom. The van der Waals surface area contributed by atoms with Crippen molar-refractivity contribution in [3.63, 3.8) is 0 Å². The van der Waals surface area contributed by atoms with Crippen molar-refractivity contribution in [1.29, 1.82) is 0 Å². The molecular weight excluding hydrogens is 424 g/mol.